The lowest BCUT2D eigenvalue weighted by Gasteiger charge is -2.14. The maximum absolute atomic E-state index is 6.17. The van der Waals surface area contributed by atoms with Crippen molar-refractivity contribution < 1.29 is 4.74 Å². The van der Waals surface area contributed by atoms with E-state index in [4.69, 9.17) is 21.2 Å². The Hall–Kier alpha value is -2.53. The highest BCUT2D eigenvalue weighted by Gasteiger charge is 2.14. The minimum Gasteiger partial charge on any atom is -0.489 e. The molecule has 0 amide bonds. The Morgan fingerprint density at radius 2 is 1.96 bits per heavy atom. The quantitative estimate of drug-likeness (QED) is 0.681. The first-order chi connectivity index (χ1) is 11.6. The van der Waals surface area contributed by atoms with Gasteiger partial charge in [-0.3, -0.25) is 0 Å². The van der Waals surface area contributed by atoms with Gasteiger partial charge in [-0.1, -0.05) is 12.1 Å². The van der Waals surface area contributed by atoms with Gasteiger partial charge in [-0.25, -0.2) is 4.98 Å². The largest absolute Gasteiger partial charge is 0.489 e. The van der Waals surface area contributed by atoms with E-state index in [0.717, 1.165) is 35.4 Å². The molecule has 0 radical (unpaired) electrons. The van der Waals surface area contributed by atoms with Crippen LogP contribution in [0, 0.1) is 0 Å². The number of rotatable bonds is 6. The van der Waals surface area contributed by atoms with Crippen LogP contribution >= 0.6 is 0 Å². The minimum atomic E-state index is 0.0901. The average Bonchev–Trinajstić information content (AvgIpc) is 2.93. The van der Waals surface area contributed by atoms with Gasteiger partial charge in [0.15, 0.2) is 0 Å². The molecule has 1 heterocycles. The highest BCUT2D eigenvalue weighted by molar-refractivity contribution is 5.81. The summed E-state index contributed by atoms with van der Waals surface area (Å²) in [4.78, 5) is 4.79. The van der Waals surface area contributed by atoms with Crippen LogP contribution in [0.1, 0.15) is 20.3 Å². The molecule has 3 aromatic rings. The van der Waals surface area contributed by atoms with Crippen molar-refractivity contribution in [3.63, 3.8) is 0 Å². The monoisotopic (exact) mass is 324 g/mol. The minimum absolute atomic E-state index is 0.0901. The molecular formula is C19H24N4O. The molecule has 0 atom stereocenters. The van der Waals surface area contributed by atoms with Crippen LogP contribution in [0.3, 0.4) is 0 Å². The standard InChI is InChI=1S/C19H24N4O/c1-13(2)24-18-9-8-14(12-15(18)21)19-22-16-6-3-4-7-17(16)23(19)11-5-10-20/h3-4,6-9,12-13H,5,10-11,20-21H2,1-2H3. The number of nitrogen functional groups attached to an aromatic ring is 1. The van der Waals surface area contributed by atoms with Gasteiger partial charge >= 0.3 is 0 Å². The number of aryl methyl sites for hydroxylation is 1. The van der Waals surface area contributed by atoms with E-state index in [-0.39, 0.29) is 6.10 Å². The first-order valence-electron chi connectivity index (χ1n) is 8.32. The summed E-state index contributed by atoms with van der Waals surface area (Å²) in [5, 5.41) is 0. The molecule has 0 aliphatic carbocycles. The molecule has 0 aliphatic rings. The number of nitrogens with two attached hydrogens (primary N) is 2. The third-order valence-corrected chi connectivity index (χ3v) is 3.87. The van der Waals surface area contributed by atoms with E-state index in [9.17, 15) is 0 Å². The van der Waals surface area contributed by atoms with Crippen molar-refractivity contribution in [2.75, 3.05) is 12.3 Å². The van der Waals surface area contributed by atoms with E-state index in [0.29, 0.717) is 18.0 Å². The van der Waals surface area contributed by atoms with Crippen molar-refractivity contribution in [2.24, 2.45) is 5.73 Å². The summed E-state index contributed by atoms with van der Waals surface area (Å²) in [6.07, 6.45) is 0.990. The Balaban J connectivity index is 2.06. The van der Waals surface area contributed by atoms with E-state index < -0.39 is 0 Å². The van der Waals surface area contributed by atoms with Crippen LogP contribution < -0.4 is 16.2 Å². The number of fused-ring (bicyclic) bond motifs is 1. The van der Waals surface area contributed by atoms with Crippen LogP contribution in [0.4, 0.5) is 5.69 Å². The predicted molar refractivity (Wildman–Crippen MR) is 99.0 cm³/mol. The summed E-state index contributed by atoms with van der Waals surface area (Å²) in [6, 6.07) is 14.0. The first-order valence-corrected chi connectivity index (χ1v) is 8.32. The van der Waals surface area contributed by atoms with Crippen LogP contribution in [-0.2, 0) is 6.54 Å². The van der Waals surface area contributed by atoms with Gasteiger partial charge in [-0.05, 0) is 57.1 Å². The third-order valence-electron chi connectivity index (χ3n) is 3.87. The molecule has 0 saturated heterocycles. The van der Waals surface area contributed by atoms with Crippen LogP contribution in [0.2, 0.25) is 0 Å². The van der Waals surface area contributed by atoms with E-state index in [1.807, 2.05) is 50.2 Å². The molecule has 4 N–H and O–H groups in total. The number of hydrogen-bond acceptors (Lipinski definition) is 4. The Morgan fingerprint density at radius 3 is 2.67 bits per heavy atom. The predicted octanol–water partition coefficient (Wildman–Crippen LogP) is 3.42. The summed E-state index contributed by atoms with van der Waals surface area (Å²) < 4.78 is 7.93. The summed E-state index contributed by atoms with van der Waals surface area (Å²) in [7, 11) is 0. The molecule has 0 fully saturated rings. The third kappa shape index (κ3) is 3.21. The molecule has 1 aromatic heterocycles. The number of anilines is 1. The fraction of sp³-hybridized carbons (Fsp3) is 0.316. The van der Waals surface area contributed by atoms with Crippen molar-refractivity contribution >= 4 is 16.7 Å². The molecule has 0 spiro atoms. The van der Waals surface area contributed by atoms with Gasteiger partial charge < -0.3 is 20.8 Å². The fourth-order valence-corrected chi connectivity index (χ4v) is 2.82. The molecular weight excluding hydrogens is 300 g/mol. The second-order valence-electron chi connectivity index (χ2n) is 6.14. The fourth-order valence-electron chi connectivity index (χ4n) is 2.82. The maximum atomic E-state index is 6.17. The smallest absolute Gasteiger partial charge is 0.142 e. The van der Waals surface area contributed by atoms with Crippen molar-refractivity contribution in [3.05, 3.63) is 42.5 Å². The zero-order valence-corrected chi connectivity index (χ0v) is 14.2. The van der Waals surface area contributed by atoms with Gasteiger partial charge in [-0.2, -0.15) is 0 Å². The van der Waals surface area contributed by atoms with Crippen molar-refractivity contribution in [3.8, 4) is 17.1 Å². The van der Waals surface area contributed by atoms with E-state index in [1.165, 1.54) is 0 Å². The van der Waals surface area contributed by atoms with E-state index in [1.54, 1.807) is 0 Å². The Bertz CT molecular complexity index is 838. The Kier molecular flexibility index (Phi) is 4.71. The van der Waals surface area contributed by atoms with Crippen LogP contribution in [0.25, 0.3) is 22.4 Å². The lowest BCUT2D eigenvalue weighted by atomic mass is 10.1. The molecule has 3 rings (SSSR count). The Morgan fingerprint density at radius 1 is 1.17 bits per heavy atom. The molecule has 0 unspecified atom stereocenters. The van der Waals surface area contributed by atoms with Gasteiger partial charge in [-0.15, -0.1) is 0 Å². The summed E-state index contributed by atoms with van der Waals surface area (Å²) in [5.74, 6) is 1.62. The number of nitrogens with zero attached hydrogens (tertiary/aromatic N) is 2. The molecule has 126 valence electrons. The van der Waals surface area contributed by atoms with Crippen molar-refractivity contribution in [1.82, 2.24) is 9.55 Å². The molecule has 24 heavy (non-hydrogen) atoms. The maximum Gasteiger partial charge on any atom is 0.142 e. The molecule has 2 aromatic carbocycles. The topological polar surface area (TPSA) is 79.1 Å². The van der Waals surface area contributed by atoms with Crippen LogP contribution in [0.5, 0.6) is 5.75 Å². The highest BCUT2D eigenvalue weighted by Crippen LogP contribution is 2.31. The SMILES string of the molecule is CC(C)Oc1ccc(-c2nc3ccccc3n2CCCN)cc1N. The number of imidazole rings is 1. The van der Waals surface area contributed by atoms with Crippen LogP contribution in [0.15, 0.2) is 42.5 Å². The normalized spacial score (nSPS) is 11.3. The Labute approximate surface area is 142 Å². The average molecular weight is 324 g/mol. The number of benzene rings is 2. The van der Waals surface area contributed by atoms with Crippen LogP contribution in [-0.4, -0.2) is 22.2 Å². The van der Waals surface area contributed by atoms with Crippen molar-refractivity contribution in [2.45, 2.75) is 32.9 Å². The molecule has 5 heteroatoms. The zero-order chi connectivity index (χ0) is 17.1. The lowest BCUT2D eigenvalue weighted by Crippen LogP contribution is -2.08. The number of ether oxygens (including phenoxy) is 1. The van der Waals surface area contributed by atoms with Gasteiger partial charge in [0.25, 0.3) is 0 Å². The second-order valence-corrected chi connectivity index (χ2v) is 6.14. The molecule has 0 saturated carbocycles. The molecule has 0 aliphatic heterocycles. The number of hydrogen-bond donors (Lipinski definition) is 2. The second kappa shape index (κ2) is 6.93. The van der Waals surface area contributed by atoms with Gasteiger partial charge in [0, 0.05) is 12.1 Å². The number of aromatic nitrogens is 2. The lowest BCUT2D eigenvalue weighted by molar-refractivity contribution is 0.244. The zero-order valence-electron chi connectivity index (χ0n) is 14.2. The van der Waals surface area contributed by atoms with Gasteiger partial charge in [0.2, 0.25) is 0 Å². The first kappa shape index (κ1) is 16.3. The molecule has 5 nitrogen and oxygen atoms in total. The van der Waals surface area contributed by atoms with Crippen molar-refractivity contribution in [1.29, 1.82) is 0 Å². The highest BCUT2D eigenvalue weighted by atomic mass is 16.5. The van der Waals surface area contributed by atoms with Gasteiger partial charge in [0.05, 0.1) is 22.8 Å². The van der Waals surface area contributed by atoms with E-state index >= 15 is 0 Å². The molecule has 0 bridgehead atoms. The van der Waals surface area contributed by atoms with Gasteiger partial charge in [0.1, 0.15) is 11.6 Å². The number of para-hydroxylation sites is 2. The summed E-state index contributed by atoms with van der Waals surface area (Å²) in [5.41, 5.74) is 15.6. The van der Waals surface area contributed by atoms with E-state index in [2.05, 4.69) is 10.6 Å². The summed E-state index contributed by atoms with van der Waals surface area (Å²) in [6.45, 7) is 5.45. The summed E-state index contributed by atoms with van der Waals surface area (Å²) >= 11 is 0.